The Labute approximate surface area is 114 Å². The molecule has 1 unspecified atom stereocenters. The van der Waals surface area contributed by atoms with Gasteiger partial charge in [-0.3, -0.25) is 4.90 Å². The number of alkyl halides is 1. The number of piperidine rings is 1. The SMILES string of the molecule is Cc1cc(F)ccc1CN1CCCCC1CCCl. The van der Waals surface area contributed by atoms with E-state index in [4.69, 9.17) is 11.6 Å². The molecule has 1 aliphatic heterocycles. The third kappa shape index (κ3) is 3.46. The predicted molar refractivity (Wildman–Crippen MR) is 74.5 cm³/mol. The van der Waals surface area contributed by atoms with Crippen LogP contribution in [0.3, 0.4) is 0 Å². The van der Waals surface area contributed by atoms with Gasteiger partial charge in [-0.1, -0.05) is 12.5 Å². The van der Waals surface area contributed by atoms with E-state index in [1.54, 1.807) is 12.1 Å². The minimum atomic E-state index is -0.146. The molecule has 0 amide bonds. The number of hydrogen-bond donors (Lipinski definition) is 0. The van der Waals surface area contributed by atoms with E-state index >= 15 is 0 Å². The van der Waals surface area contributed by atoms with Crippen molar-refractivity contribution < 1.29 is 4.39 Å². The average molecular weight is 270 g/mol. The van der Waals surface area contributed by atoms with Gasteiger partial charge in [0.25, 0.3) is 0 Å². The third-order valence-corrected chi connectivity index (χ3v) is 4.09. The first-order valence-corrected chi connectivity index (χ1v) is 7.29. The fourth-order valence-electron chi connectivity index (χ4n) is 2.78. The monoisotopic (exact) mass is 269 g/mol. The number of rotatable bonds is 4. The fourth-order valence-corrected chi connectivity index (χ4v) is 3.03. The molecule has 1 atom stereocenters. The molecular weight excluding hydrogens is 249 g/mol. The van der Waals surface area contributed by atoms with E-state index in [1.165, 1.54) is 24.8 Å². The summed E-state index contributed by atoms with van der Waals surface area (Å²) < 4.78 is 13.1. The summed E-state index contributed by atoms with van der Waals surface area (Å²) >= 11 is 5.88. The Balaban J connectivity index is 2.06. The van der Waals surface area contributed by atoms with Crippen LogP contribution in [0.15, 0.2) is 18.2 Å². The van der Waals surface area contributed by atoms with Gasteiger partial charge in [0.1, 0.15) is 5.82 Å². The Bertz CT molecular complexity index is 392. The van der Waals surface area contributed by atoms with Crippen molar-refractivity contribution in [2.45, 2.75) is 45.2 Å². The van der Waals surface area contributed by atoms with Crippen molar-refractivity contribution in [3.63, 3.8) is 0 Å². The molecule has 100 valence electrons. The molecule has 18 heavy (non-hydrogen) atoms. The molecular formula is C15H21ClFN. The van der Waals surface area contributed by atoms with Gasteiger partial charge >= 0.3 is 0 Å². The topological polar surface area (TPSA) is 3.24 Å². The fraction of sp³-hybridized carbons (Fsp3) is 0.600. The van der Waals surface area contributed by atoms with Gasteiger partial charge in [0.15, 0.2) is 0 Å². The van der Waals surface area contributed by atoms with E-state index in [0.717, 1.165) is 31.0 Å². The summed E-state index contributed by atoms with van der Waals surface area (Å²) in [5.74, 6) is 0.580. The van der Waals surface area contributed by atoms with Crippen molar-refractivity contribution in [1.29, 1.82) is 0 Å². The first kappa shape index (κ1) is 13.8. The van der Waals surface area contributed by atoms with Crippen LogP contribution in [0.4, 0.5) is 4.39 Å². The van der Waals surface area contributed by atoms with E-state index in [9.17, 15) is 4.39 Å². The summed E-state index contributed by atoms with van der Waals surface area (Å²) in [5, 5.41) is 0. The van der Waals surface area contributed by atoms with Crippen LogP contribution < -0.4 is 0 Å². The number of benzene rings is 1. The first-order valence-electron chi connectivity index (χ1n) is 6.75. The lowest BCUT2D eigenvalue weighted by molar-refractivity contribution is 0.136. The first-order chi connectivity index (χ1) is 8.70. The normalized spacial score (nSPS) is 21.2. The molecule has 1 heterocycles. The Kier molecular flexibility index (Phi) is 5.02. The molecule has 0 spiro atoms. The second-order valence-corrected chi connectivity index (χ2v) is 5.55. The van der Waals surface area contributed by atoms with E-state index in [1.807, 2.05) is 13.0 Å². The smallest absolute Gasteiger partial charge is 0.123 e. The second-order valence-electron chi connectivity index (χ2n) is 5.17. The van der Waals surface area contributed by atoms with Gasteiger partial charge in [0.05, 0.1) is 0 Å². The van der Waals surface area contributed by atoms with Gasteiger partial charge in [-0.25, -0.2) is 4.39 Å². The molecule has 0 aromatic heterocycles. The van der Waals surface area contributed by atoms with Crippen molar-refractivity contribution in [2.75, 3.05) is 12.4 Å². The Morgan fingerprint density at radius 3 is 2.94 bits per heavy atom. The van der Waals surface area contributed by atoms with Crippen LogP contribution in [-0.2, 0) is 6.54 Å². The standard InChI is InChI=1S/C15H21ClFN/c1-12-10-14(17)6-5-13(12)11-18-9-3-2-4-15(18)7-8-16/h5-6,10,15H,2-4,7-9,11H2,1H3. The summed E-state index contributed by atoms with van der Waals surface area (Å²) in [6.07, 6.45) is 4.87. The number of hydrogen-bond acceptors (Lipinski definition) is 1. The molecule has 0 aliphatic carbocycles. The molecule has 1 nitrogen and oxygen atoms in total. The Morgan fingerprint density at radius 2 is 2.22 bits per heavy atom. The zero-order valence-corrected chi connectivity index (χ0v) is 11.7. The largest absolute Gasteiger partial charge is 0.296 e. The van der Waals surface area contributed by atoms with Crippen LogP contribution >= 0.6 is 11.6 Å². The van der Waals surface area contributed by atoms with Crippen molar-refractivity contribution in [1.82, 2.24) is 4.90 Å². The molecule has 1 aliphatic rings. The van der Waals surface area contributed by atoms with E-state index in [2.05, 4.69) is 4.90 Å². The number of likely N-dealkylation sites (tertiary alicyclic amines) is 1. The van der Waals surface area contributed by atoms with Crippen LogP contribution in [0.2, 0.25) is 0 Å². The minimum absolute atomic E-state index is 0.146. The van der Waals surface area contributed by atoms with Crippen LogP contribution in [0, 0.1) is 12.7 Å². The van der Waals surface area contributed by atoms with Crippen molar-refractivity contribution in [3.8, 4) is 0 Å². The second kappa shape index (κ2) is 6.53. The zero-order chi connectivity index (χ0) is 13.0. The maximum absolute atomic E-state index is 13.1. The number of aryl methyl sites for hydroxylation is 1. The van der Waals surface area contributed by atoms with Crippen molar-refractivity contribution in [3.05, 3.63) is 35.1 Å². The predicted octanol–water partition coefficient (Wildman–Crippen LogP) is 4.12. The molecule has 1 fully saturated rings. The van der Waals surface area contributed by atoms with E-state index in [-0.39, 0.29) is 5.82 Å². The molecule has 0 N–H and O–H groups in total. The highest BCUT2D eigenvalue weighted by atomic mass is 35.5. The molecule has 1 aromatic rings. The van der Waals surface area contributed by atoms with Gasteiger partial charge in [0.2, 0.25) is 0 Å². The molecule has 1 aromatic carbocycles. The molecule has 0 radical (unpaired) electrons. The average Bonchev–Trinajstić information content (AvgIpc) is 2.35. The lowest BCUT2D eigenvalue weighted by Gasteiger charge is -2.35. The minimum Gasteiger partial charge on any atom is -0.296 e. The highest BCUT2D eigenvalue weighted by Crippen LogP contribution is 2.23. The summed E-state index contributed by atoms with van der Waals surface area (Å²) in [5.41, 5.74) is 2.28. The van der Waals surface area contributed by atoms with Gasteiger partial charge in [-0.05, 0) is 56.0 Å². The molecule has 2 rings (SSSR count). The molecule has 0 bridgehead atoms. The summed E-state index contributed by atoms with van der Waals surface area (Å²) in [4.78, 5) is 2.51. The van der Waals surface area contributed by atoms with Gasteiger partial charge in [-0.2, -0.15) is 0 Å². The zero-order valence-electron chi connectivity index (χ0n) is 11.0. The molecule has 1 saturated heterocycles. The summed E-state index contributed by atoms with van der Waals surface area (Å²) in [6, 6.07) is 5.69. The van der Waals surface area contributed by atoms with Gasteiger partial charge in [-0.15, -0.1) is 11.6 Å². The van der Waals surface area contributed by atoms with Crippen molar-refractivity contribution >= 4 is 11.6 Å². The maximum atomic E-state index is 13.1. The summed E-state index contributed by atoms with van der Waals surface area (Å²) in [6.45, 7) is 4.05. The molecule has 3 heteroatoms. The third-order valence-electron chi connectivity index (χ3n) is 3.87. The summed E-state index contributed by atoms with van der Waals surface area (Å²) in [7, 11) is 0. The van der Waals surface area contributed by atoms with Crippen molar-refractivity contribution in [2.24, 2.45) is 0 Å². The van der Waals surface area contributed by atoms with E-state index in [0.29, 0.717) is 6.04 Å². The van der Waals surface area contributed by atoms with Crippen LogP contribution in [-0.4, -0.2) is 23.4 Å². The number of nitrogens with zero attached hydrogens (tertiary/aromatic N) is 1. The highest BCUT2D eigenvalue weighted by molar-refractivity contribution is 6.17. The van der Waals surface area contributed by atoms with Gasteiger partial charge < -0.3 is 0 Å². The highest BCUT2D eigenvalue weighted by Gasteiger charge is 2.22. The maximum Gasteiger partial charge on any atom is 0.123 e. The van der Waals surface area contributed by atoms with E-state index < -0.39 is 0 Å². The lowest BCUT2D eigenvalue weighted by Crippen LogP contribution is -2.39. The Hall–Kier alpha value is -0.600. The Morgan fingerprint density at radius 1 is 1.39 bits per heavy atom. The quantitative estimate of drug-likeness (QED) is 0.744. The molecule has 0 saturated carbocycles. The van der Waals surface area contributed by atoms with Crippen LogP contribution in [0.25, 0.3) is 0 Å². The van der Waals surface area contributed by atoms with Gasteiger partial charge in [0, 0.05) is 18.5 Å². The van der Waals surface area contributed by atoms with Crippen LogP contribution in [0.5, 0.6) is 0 Å². The van der Waals surface area contributed by atoms with Crippen LogP contribution in [0.1, 0.15) is 36.8 Å². The lowest BCUT2D eigenvalue weighted by atomic mass is 9.98. The number of halogens is 2.